The third-order valence-corrected chi connectivity index (χ3v) is 2.08. The normalized spacial score (nSPS) is 10.8. The van der Waals surface area contributed by atoms with Crippen molar-refractivity contribution in [3.05, 3.63) is 41.9 Å². The van der Waals surface area contributed by atoms with Gasteiger partial charge in [0.1, 0.15) is 0 Å². The molecule has 0 bridgehead atoms. The molecular formula is C9H7N3S. The van der Waals surface area contributed by atoms with E-state index < -0.39 is 0 Å². The zero-order chi connectivity index (χ0) is 8.93. The van der Waals surface area contributed by atoms with Crippen LogP contribution in [-0.4, -0.2) is 4.98 Å². The quantitative estimate of drug-likeness (QED) is 0.665. The van der Waals surface area contributed by atoms with E-state index >= 15 is 0 Å². The van der Waals surface area contributed by atoms with Crippen molar-refractivity contribution < 1.29 is 0 Å². The topological polar surface area (TPSA) is 37.6 Å². The van der Waals surface area contributed by atoms with Crippen molar-refractivity contribution in [3.8, 4) is 0 Å². The minimum atomic E-state index is 0.684. The number of hydrogen-bond acceptors (Lipinski definition) is 4. The van der Waals surface area contributed by atoms with Gasteiger partial charge in [-0.05, 0) is 12.1 Å². The van der Waals surface area contributed by atoms with Crippen molar-refractivity contribution in [3.63, 3.8) is 0 Å². The molecule has 1 aromatic carbocycles. The second-order valence-electron chi connectivity index (χ2n) is 2.35. The Morgan fingerprint density at radius 1 is 1.08 bits per heavy atom. The first-order chi connectivity index (χ1) is 6.45. The van der Waals surface area contributed by atoms with E-state index in [9.17, 15) is 0 Å². The molecule has 0 fully saturated rings. The molecular weight excluding hydrogens is 182 g/mol. The van der Waals surface area contributed by atoms with E-state index in [1.807, 2.05) is 35.7 Å². The number of hydrogen-bond donors (Lipinski definition) is 0. The van der Waals surface area contributed by atoms with Gasteiger partial charge in [0, 0.05) is 11.6 Å². The van der Waals surface area contributed by atoms with Crippen LogP contribution in [0.15, 0.2) is 52.1 Å². The molecule has 64 valence electrons. The molecule has 0 amide bonds. The molecule has 1 heterocycles. The molecule has 0 aliphatic carbocycles. The maximum atomic E-state index is 4.02. The summed E-state index contributed by atoms with van der Waals surface area (Å²) in [5, 5.41) is 10.5. The van der Waals surface area contributed by atoms with Crippen LogP contribution in [0.25, 0.3) is 0 Å². The summed E-state index contributed by atoms with van der Waals surface area (Å²) < 4.78 is 0. The van der Waals surface area contributed by atoms with Crippen LogP contribution >= 0.6 is 11.3 Å². The Labute approximate surface area is 79.8 Å². The smallest absolute Gasteiger partial charge is 0.226 e. The van der Waals surface area contributed by atoms with E-state index in [4.69, 9.17) is 0 Å². The first kappa shape index (κ1) is 8.07. The molecule has 0 radical (unpaired) electrons. The lowest BCUT2D eigenvalue weighted by Gasteiger charge is -1.87. The Balaban J connectivity index is 2.15. The summed E-state index contributed by atoms with van der Waals surface area (Å²) in [7, 11) is 0. The van der Waals surface area contributed by atoms with Crippen molar-refractivity contribution in [1.29, 1.82) is 0 Å². The molecule has 2 rings (SSSR count). The molecule has 0 aliphatic heterocycles. The number of benzene rings is 1. The van der Waals surface area contributed by atoms with Crippen LogP contribution < -0.4 is 0 Å². The zero-order valence-corrected chi connectivity index (χ0v) is 7.61. The molecule has 1 aromatic heterocycles. The molecule has 4 heteroatoms. The van der Waals surface area contributed by atoms with Crippen molar-refractivity contribution in [2.24, 2.45) is 10.2 Å². The van der Waals surface area contributed by atoms with E-state index in [0.29, 0.717) is 5.13 Å². The lowest BCUT2D eigenvalue weighted by molar-refractivity contribution is 1.20. The Morgan fingerprint density at radius 3 is 2.62 bits per heavy atom. The van der Waals surface area contributed by atoms with Crippen LogP contribution in [0.5, 0.6) is 0 Å². The number of aromatic nitrogens is 1. The minimum Gasteiger partial charge on any atom is -0.226 e. The molecule has 3 nitrogen and oxygen atoms in total. The summed E-state index contributed by atoms with van der Waals surface area (Å²) in [4.78, 5) is 3.99. The lowest BCUT2D eigenvalue weighted by Crippen LogP contribution is -1.60. The predicted molar refractivity (Wildman–Crippen MR) is 52.7 cm³/mol. The first-order valence-corrected chi connectivity index (χ1v) is 4.69. The summed E-state index contributed by atoms with van der Waals surface area (Å²) in [6.07, 6.45) is 1.71. The van der Waals surface area contributed by atoms with E-state index in [0.717, 1.165) is 5.69 Å². The van der Waals surface area contributed by atoms with Gasteiger partial charge in [-0.3, -0.25) is 0 Å². The van der Waals surface area contributed by atoms with Gasteiger partial charge in [0.2, 0.25) is 5.13 Å². The van der Waals surface area contributed by atoms with Crippen molar-refractivity contribution in [2.45, 2.75) is 0 Å². The summed E-state index contributed by atoms with van der Waals surface area (Å²) in [6.45, 7) is 0. The third kappa shape index (κ3) is 2.19. The Hall–Kier alpha value is -1.55. The number of azo groups is 1. The monoisotopic (exact) mass is 189 g/mol. The fraction of sp³-hybridized carbons (Fsp3) is 0. The SMILES string of the molecule is c1ccc(/N=N/c2nccs2)cc1. The van der Waals surface area contributed by atoms with Crippen LogP contribution in [-0.2, 0) is 0 Å². The second-order valence-corrected chi connectivity index (χ2v) is 3.22. The van der Waals surface area contributed by atoms with Crippen molar-refractivity contribution in [1.82, 2.24) is 4.98 Å². The molecule has 0 unspecified atom stereocenters. The van der Waals surface area contributed by atoms with Gasteiger partial charge in [-0.25, -0.2) is 4.98 Å². The van der Waals surface area contributed by atoms with E-state index in [2.05, 4.69) is 15.2 Å². The van der Waals surface area contributed by atoms with Crippen LogP contribution in [0.1, 0.15) is 0 Å². The maximum absolute atomic E-state index is 4.02. The van der Waals surface area contributed by atoms with Gasteiger partial charge in [-0.15, -0.1) is 21.6 Å². The zero-order valence-electron chi connectivity index (χ0n) is 6.79. The van der Waals surface area contributed by atoms with Crippen LogP contribution in [0.2, 0.25) is 0 Å². The second kappa shape index (κ2) is 3.91. The number of nitrogens with zero attached hydrogens (tertiary/aromatic N) is 3. The van der Waals surface area contributed by atoms with E-state index in [1.165, 1.54) is 11.3 Å². The van der Waals surface area contributed by atoms with Crippen molar-refractivity contribution in [2.75, 3.05) is 0 Å². The minimum absolute atomic E-state index is 0.684. The van der Waals surface area contributed by atoms with Gasteiger partial charge in [-0.2, -0.15) is 0 Å². The maximum Gasteiger partial charge on any atom is 0.229 e. The number of thiazole rings is 1. The summed E-state index contributed by atoms with van der Waals surface area (Å²) in [5.74, 6) is 0. The van der Waals surface area contributed by atoms with Crippen molar-refractivity contribution >= 4 is 22.2 Å². The molecule has 13 heavy (non-hydrogen) atoms. The highest BCUT2D eigenvalue weighted by molar-refractivity contribution is 7.13. The highest BCUT2D eigenvalue weighted by Crippen LogP contribution is 2.19. The largest absolute Gasteiger partial charge is 0.229 e. The Morgan fingerprint density at radius 2 is 1.92 bits per heavy atom. The predicted octanol–water partition coefficient (Wildman–Crippen LogP) is 3.56. The van der Waals surface area contributed by atoms with Gasteiger partial charge in [0.15, 0.2) is 0 Å². The summed E-state index contributed by atoms with van der Waals surface area (Å²) in [5.41, 5.74) is 0.845. The van der Waals surface area contributed by atoms with Gasteiger partial charge < -0.3 is 0 Å². The fourth-order valence-electron chi connectivity index (χ4n) is 0.860. The van der Waals surface area contributed by atoms with E-state index in [1.54, 1.807) is 6.20 Å². The van der Waals surface area contributed by atoms with Gasteiger partial charge in [0.05, 0.1) is 5.69 Å². The van der Waals surface area contributed by atoms with Gasteiger partial charge in [-0.1, -0.05) is 18.2 Å². The highest BCUT2D eigenvalue weighted by Gasteiger charge is 1.89. The summed E-state index contributed by atoms with van der Waals surface area (Å²) >= 11 is 1.47. The molecule has 0 atom stereocenters. The lowest BCUT2D eigenvalue weighted by atomic mass is 10.3. The molecule has 0 N–H and O–H groups in total. The number of rotatable bonds is 2. The standard InChI is InChI=1S/C9H7N3S/c1-2-4-8(5-3-1)11-12-9-10-6-7-13-9/h1-7H/b12-11+. The van der Waals surface area contributed by atoms with Crippen LogP contribution in [0.4, 0.5) is 10.8 Å². The molecule has 0 spiro atoms. The molecule has 2 aromatic rings. The van der Waals surface area contributed by atoms with Gasteiger partial charge >= 0.3 is 0 Å². The molecule has 0 aliphatic rings. The highest BCUT2D eigenvalue weighted by atomic mass is 32.1. The van der Waals surface area contributed by atoms with Gasteiger partial charge in [0.25, 0.3) is 0 Å². The Bertz CT molecular complexity index is 381. The summed E-state index contributed by atoms with van der Waals surface area (Å²) in [6, 6.07) is 9.60. The molecule has 0 saturated heterocycles. The van der Waals surface area contributed by atoms with Crippen LogP contribution in [0, 0.1) is 0 Å². The molecule has 0 saturated carbocycles. The third-order valence-electron chi connectivity index (χ3n) is 1.43. The van der Waals surface area contributed by atoms with E-state index in [-0.39, 0.29) is 0 Å². The van der Waals surface area contributed by atoms with Crippen LogP contribution in [0.3, 0.4) is 0 Å². The fourth-order valence-corrected chi connectivity index (χ4v) is 1.31. The average Bonchev–Trinajstić information content (AvgIpc) is 2.69. The average molecular weight is 189 g/mol. The first-order valence-electron chi connectivity index (χ1n) is 3.81. The Kier molecular flexibility index (Phi) is 2.43.